The van der Waals surface area contributed by atoms with Gasteiger partial charge in [-0.05, 0) is 31.9 Å². The number of rotatable bonds is 1. The van der Waals surface area contributed by atoms with Crippen LogP contribution in [0.4, 0.5) is 0 Å². The van der Waals surface area contributed by atoms with Gasteiger partial charge < -0.3 is 0 Å². The third-order valence-electron chi connectivity index (χ3n) is 1.79. The van der Waals surface area contributed by atoms with Crippen LogP contribution in [0.3, 0.4) is 0 Å². The summed E-state index contributed by atoms with van der Waals surface area (Å²) in [5.74, 6) is 0. The van der Waals surface area contributed by atoms with E-state index in [-0.39, 0.29) is 4.32 Å². The Morgan fingerprint density at radius 2 is 1.73 bits per heavy atom. The SMILES string of the molecule is Cc1ccccc1C(C)(C)Br. The normalized spacial score (nSPS) is 11.6. The van der Waals surface area contributed by atoms with Crippen LogP contribution in [0.2, 0.25) is 0 Å². The first-order chi connectivity index (χ1) is 5.02. The molecule has 0 unspecified atom stereocenters. The molecule has 0 fully saturated rings. The molecule has 0 saturated heterocycles. The molecule has 0 radical (unpaired) electrons. The Morgan fingerprint density at radius 1 is 1.18 bits per heavy atom. The monoisotopic (exact) mass is 212 g/mol. The van der Waals surface area contributed by atoms with Gasteiger partial charge in [-0.2, -0.15) is 0 Å². The lowest BCUT2D eigenvalue weighted by molar-refractivity contribution is 0.795. The molecule has 0 amide bonds. The zero-order valence-electron chi connectivity index (χ0n) is 7.19. The molecule has 1 aromatic carbocycles. The van der Waals surface area contributed by atoms with E-state index >= 15 is 0 Å². The zero-order chi connectivity index (χ0) is 8.48. The first kappa shape index (κ1) is 8.79. The topological polar surface area (TPSA) is 0 Å². The maximum absolute atomic E-state index is 3.64. The summed E-state index contributed by atoms with van der Waals surface area (Å²) in [6.07, 6.45) is 0. The third kappa shape index (κ3) is 2.06. The van der Waals surface area contributed by atoms with Crippen molar-refractivity contribution in [1.29, 1.82) is 0 Å². The van der Waals surface area contributed by atoms with Crippen LogP contribution in [0.5, 0.6) is 0 Å². The second kappa shape index (κ2) is 2.98. The van der Waals surface area contributed by atoms with E-state index in [4.69, 9.17) is 0 Å². The van der Waals surface area contributed by atoms with Crippen molar-refractivity contribution in [2.75, 3.05) is 0 Å². The molecule has 11 heavy (non-hydrogen) atoms. The van der Waals surface area contributed by atoms with Gasteiger partial charge in [0.2, 0.25) is 0 Å². The zero-order valence-corrected chi connectivity index (χ0v) is 8.77. The Balaban J connectivity index is 3.14. The van der Waals surface area contributed by atoms with E-state index in [9.17, 15) is 0 Å². The summed E-state index contributed by atoms with van der Waals surface area (Å²) in [5.41, 5.74) is 2.70. The molecule has 0 aliphatic rings. The second-order valence-electron chi connectivity index (χ2n) is 3.29. The average Bonchev–Trinajstić information content (AvgIpc) is 1.86. The van der Waals surface area contributed by atoms with Crippen molar-refractivity contribution in [1.82, 2.24) is 0 Å². The van der Waals surface area contributed by atoms with Crippen molar-refractivity contribution in [3.8, 4) is 0 Å². The fraction of sp³-hybridized carbons (Fsp3) is 0.400. The highest BCUT2D eigenvalue weighted by atomic mass is 79.9. The lowest BCUT2D eigenvalue weighted by atomic mass is 9.98. The smallest absolute Gasteiger partial charge is 0.0452 e. The fourth-order valence-corrected chi connectivity index (χ4v) is 1.68. The van der Waals surface area contributed by atoms with E-state index in [0.717, 1.165) is 0 Å². The molecule has 0 aromatic heterocycles. The van der Waals surface area contributed by atoms with E-state index < -0.39 is 0 Å². The standard InChI is InChI=1S/C10H13Br/c1-8-6-4-5-7-9(8)10(2,3)11/h4-7H,1-3H3. The minimum absolute atomic E-state index is 0.0956. The van der Waals surface area contributed by atoms with Crippen LogP contribution < -0.4 is 0 Å². The van der Waals surface area contributed by atoms with Crippen LogP contribution in [0.1, 0.15) is 25.0 Å². The summed E-state index contributed by atoms with van der Waals surface area (Å²) in [5, 5.41) is 0. The maximum Gasteiger partial charge on any atom is 0.0452 e. The minimum Gasteiger partial charge on any atom is -0.0807 e. The first-order valence-electron chi connectivity index (χ1n) is 3.77. The maximum atomic E-state index is 3.64. The molecule has 1 heteroatoms. The highest BCUT2D eigenvalue weighted by Gasteiger charge is 2.16. The molecular weight excluding hydrogens is 200 g/mol. The average molecular weight is 213 g/mol. The molecule has 0 bridgehead atoms. The predicted octanol–water partition coefficient (Wildman–Crippen LogP) is 3.63. The van der Waals surface area contributed by atoms with Crippen molar-refractivity contribution in [2.24, 2.45) is 0 Å². The number of benzene rings is 1. The summed E-state index contributed by atoms with van der Waals surface area (Å²) in [4.78, 5) is 0. The van der Waals surface area contributed by atoms with Gasteiger partial charge in [-0.25, -0.2) is 0 Å². The van der Waals surface area contributed by atoms with Crippen molar-refractivity contribution >= 4 is 15.9 Å². The molecule has 0 atom stereocenters. The van der Waals surface area contributed by atoms with E-state index in [1.54, 1.807) is 0 Å². The van der Waals surface area contributed by atoms with Gasteiger partial charge in [0.1, 0.15) is 0 Å². The molecule has 60 valence electrons. The van der Waals surface area contributed by atoms with Gasteiger partial charge in [-0.1, -0.05) is 40.2 Å². The van der Waals surface area contributed by atoms with Gasteiger partial charge in [-0.3, -0.25) is 0 Å². The highest BCUT2D eigenvalue weighted by Crippen LogP contribution is 2.31. The van der Waals surface area contributed by atoms with E-state index in [2.05, 4.69) is 61.0 Å². The molecule has 0 saturated carbocycles. The predicted molar refractivity (Wildman–Crippen MR) is 53.1 cm³/mol. The Bertz CT molecular complexity index is 245. The van der Waals surface area contributed by atoms with E-state index in [1.807, 2.05) is 0 Å². The van der Waals surface area contributed by atoms with Crippen molar-refractivity contribution in [3.63, 3.8) is 0 Å². The number of alkyl halides is 1. The minimum atomic E-state index is 0.0956. The molecule has 0 aliphatic carbocycles. The number of halogens is 1. The van der Waals surface area contributed by atoms with Gasteiger partial charge in [0.05, 0.1) is 0 Å². The third-order valence-corrected chi connectivity index (χ3v) is 2.21. The van der Waals surface area contributed by atoms with Gasteiger partial charge in [0.25, 0.3) is 0 Å². The number of hydrogen-bond donors (Lipinski definition) is 0. The molecule has 0 nitrogen and oxygen atoms in total. The first-order valence-corrected chi connectivity index (χ1v) is 4.56. The van der Waals surface area contributed by atoms with Crippen LogP contribution in [0.15, 0.2) is 24.3 Å². The van der Waals surface area contributed by atoms with E-state index in [1.165, 1.54) is 11.1 Å². The van der Waals surface area contributed by atoms with Crippen LogP contribution >= 0.6 is 15.9 Å². The lowest BCUT2D eigenvalue weighted by Gasteiger charge is -2.18. The Kier molecular flexibility index (Phi) is 2.38. The second-order valence-corrected chi connectivity index (χ2v) is 5.27. The molecular formula is C10H13Br. The molecule has 0 heterocycles. The largest absolute Gasteiger partial charge is 0.0807 e. The van der Waals surface area contributed by atoms with Crippen LogP contribution in [0.25, 0.3) is 0 Å². The van der Waals surface area contributed by atoms with Gasteiger partial charge in [0.15, 0.2) is 0 Å². The summed E-state index contributed by atoms with van der Waals surface area (Å²) < 4.78 is 0.0956. The Morgan fingerprint density at radius 3 is 2.09 bits per heavy atom. The molecule has 1 aromatic rings. The lowest BCUT2D eigenvalue weighted by Crippen LogP contribution is -2.08. The molecule has 0 N–H and O–H groups in total. The van der Waals surface area contributed by atoms with Crippen LogP contribution in [0, 0.1) is 6.92 Å². The summed E-state index contributed by atoms with van der Waals surface area (Å²) >= 11 is 3.64. The quantitative estimate of drug-likeness (QED) is 0.625. The Hall–Kier alpha value is -0.300. The number of hydrogen-bond acceptors (Lipinski definition) is 0. The summed E-state index contributed by atoms with van der Waals surface area (Å²) in [6, 6.07) is 8.44. The molecule has 0 spiro atoms. The number of aryl methyl sites for hydroxylation is 1. The van der Waals surface area contributed by atoms with Crippen LogP contribution in [-0.4, -0.2) is 0 Å². The Labute approximate surface area is 76.8 Å². The molecule has 0 aliphatic heterocycles. The van der Waals surface area contributed by atoms with E-state index in [0.29, 0.717) is 0 Å². The van der Waals surface area contributed by atoms with Gasteiger partial charge in [-0.15, -0.1) is 0 Å². The van der Waals surface area contributed by atoms with Crippen molar-refractivity contribution in [2.45, 2.75) is 25.1 Å². The molecule has 1 rings (SSSR count). The summed E-state index contributed by atoms with van der Waals surface area (Å²) in [7, 11) is 0. The van der Waals surface area contributed by atoms with Crippen molar-refractivity contribution in [3.05, 3.63) is 35.4 Å². The fourth-order valence-electron chi connectivity index (χ4n) is 1.24. The van der Waals surface area contributed by atoms with Gasteiger partial charge >= 0.3 is 0 Å². The van der Waals surface area contributed by atoms with Crippen molar-refractivity contribution < 1.29 is 0 Å². The summed E-state index contributed by atoms with van der Waals surface area (Å²) in [6.45, 7) is 6.46. The van der Waals surface area contributed by atoms with Crippen LogP contribution in [-0.2, 0) is 4.32 Å². The van der Waals surface area contributed by atoms with Gasteiger partial charge in [0, 0.05) is 4.32 Å². The highest BCUT2D eigenvalue weighted by molar-refractivity contribution is 9.09.